The van der Waals surface area contributed by atoms with Crippen molar-refractivity contribution in [3.63, 3.8) is 0 Å². The molecule has 2 nitrogen and oxygen atoms in total. The summed E-state index contributed by atoms with van der Waals surface area (Å²) in [6.07, 6.45) is 6.53. The molecule has 0 radical (unpaired) electrons. The van der Waals surface area contributed by atoms with Gasteiger partial charge in [-0.05, 0) is 61.6 Å². The van der Waals surface area contributed by atoms with E-state index in [9.17, 15) is 4.79 Å². The van der Waals surface area contributed by atoms with Crippen LogP contribution < -0.4 is 4.74 Å². The number of carbonyl (C=O) groups is 1. The monoisotopic (exact) mass is 288 g/mol. The van der Waals surface area contributed by atoms with E-state index in [0.717, 1.165) is 38.0 Å². The van der Waals surface area contributed by atoms with Crippen LogP contribution in [0.25, 0.3) is 0 Å². The maximum absolute atomic E-state index is 12.2. The molecule has 21 heavy (non-hydrogen) atoms. The first kappa shape index (κ1) is 16.1. The highest BCUT2D eigenvalue weighted by atomic mass is 16.5. The molecule has 0 saturated heterocycles. The van der Waals surface area contributed by atoms with Gasteiger partial charge in [-0.2, -0.15) is 0 Å². The SMILES string of the molecule is CC[C@H](C)Cc1ccc(OC(=O)C2CCC(C)CC2)cc1. The summed E-state index contributed by atoms with van der Waals surface area (Å²) in [4.78, 5) is 12.2. The molecule has 0 spiro atoms. The fourth-order valence-electron chi connectivity index (χ4n) is 2.94. The quantitative estimate of drug-likeness (QED) is 0.562. The summed E-state index contributed by atoms with van der Waals surface area (Å²) < 4.78 is 5.54. The van der Waals surface area contributed by atoms with Gasteiger partial charge in [0.2, 0.25) is 0 Å². The second-order valence-electron chi connectivity index (χ2n) is 6.74. The van der Waals surface area contributed by atoms with Crippen LogP contribution in [-0.2, 0) is 11.2 Å². The second-order valence-corrected chi connectivity index (χ2v) is 6.74. The summed E-state index contributed by atoms with van der Waals surface area (Å²) in [5.74, 6) is 2.20. The topological polar surface area (TPSA) is 26.3 Å². The molecule has 1 aromatic rings. The summed E-state index contributed by atoms with van der Waals surface area (Å²) in [5.41, 5.74) is 1.32. The molecule has 0 amide bonds. The van der Waals surface area contributed by atoms with Gasteiger partial charge < -0.3 is 4.74 Å². The van der Waals surface area contributed by atoms with Crippen LogP contribution in [0, 0.1) is 17.8 Å². The van der Waals surface area contributed by atoms with E-state index in [4.69, 9.17) is 4.74 Å². The van der Waals surface area contributed by atoms with Crippen molar-refractivity contribution in [3.8, 4) is 5.75 Å². The standard InChI is InChI=1S/C19H28O2/c1-4-14(2)13-16-7-11-18(12-8-16)21-19(20)17-9-5-15(3)6-10-17/h7-8,11-12,14-15,17H,4-6,9-10,13H2,1-3H3/t14-,15?,17?/m0/s1. The van der Waals surface area contributed by atoms with E-state index in [0.29, 0.717) is 11.7 Å². The van der Waals surface area contributed by atoms with Crippen LogP contribution in [0.4, 0.5) is 0 Å². The first-order chi connectivity index (χ1) is 10.1. The third-order valence-electron chi connectivity index (χ3n) is 4.77. The lowest BCUT2D eigenvalue weighted by Gasteiger charge is -2.24. The smallest absolute Gasteiger partial charge is 0.314 e. The van der Waals surface area contributed by atoms with Gasteiger partial charge in [-0.1, -0.05) is 39.3 Å². The normalized spacial score (nSPS) is 23.6. The Morgan fingerprint density at radius 1 is 1.19 bits per heavy atom. The average molecular weight is 288 g/mol. The minimum atomic E-state index is -0.0448. The Labute approximate surface area is 128 Å². The maximum Gasteiger partial charge on any atom is 0.314 e. The number of rotatable bonds is 5. The van der Waals surface area contributed by atoms with Gasteiger partial charge in [-0.15, -0.1) is 0 Å². The molecule has 1 aromatic carbocycles. The Bertz CT molecular complexity index is 441. The third-order valence-corrected chi connectivity index (χ3v) is 4.77. The van der Waals surface area contributed by atoms with E-state index >= 15 is 0 Å². The van der Waals surface area contributed by atoms with Crippen LogP contribution in [0.15, 0.2) is 24.3 Å². The molecule has 0 aromatic heterocycles. The first-order valence-corrected chi connectivity index (χ1v) is 8.39. The van der Waals surface area contributed by atoms with Crippen LogP contribution in [0.1, 0.15) is 58.4 Å². The van der Waals surface area contributed by atoms with E-state index < -0.39 is 0 Å². The molecule has 0 N–H and O–H groups in total. The molecule has 2 rings (SSSR count). The zero-order valence-electron chi connectivity index (χ0n) is 13.6. The molecule has 116 valence electrons. The van der Waals surface area contributed by atoms with Crippen molar-refractivity contribution >= 4 is 5.97 Å². The van der Waals surface area contributed by atoms with Crippen molar-refractivity contribution < 1.29 is 9.53 Å². The zero-order chi connectivity index (χ0) is 15.2. The minimum Gasteiger partial charge on any atom is -0.426 e. The first-order valence-electron chi connectivity index (χ1n) is 8.39. The van der Waals surface area contributed by atoms with E-state index in [2.05, 4.69) is 32.9 Å². The summed E-state index contributed by atoms with van der Waals surface area (Å²) >= 11 is 0. The van der Waals surface area contributed by atoms with Gasteiger partial charge in [0.05, 0.1) is 5.92 Å². The summed E-state index contributed by atoms with van der Waals surface area (Å²) in [6.45, 7) is 6.74. The van der Waals surface area contributed by atoms with Gasteiger partial charge in [0.1, 0.15) is 5.75 Å². The van der Waals surface area contributed by atoms with Crippen LogP contribution in [0.5, 0.6) is 5.75 Å². The fraction of sp³-hybridized carbons (Fsp3) is 0.632. The number of carbonyl (C=O) groups excluding carboxylic acids is 1. The van der Waals surface area contributed by atoms with E-state index in [1.807, 2.05) is 12.1 Å². The lowest BCUT2D eigenvalue weighted by atomic mass is 9.83. The second kappa shape index (κ2) is 7.63. The average Bonchev–Trinajstić information content (AvgIpc) is 2.49. The highest BCUT2D eigenvalue weighted by Crippen LogP contribution is 2.29. The molecule has 0 bridgehead atoms. The number of hydrogen-bond acceptors (Lipinski definition) is 2. The van der Waals surface area contributed by atoms with Crippen LogP contribution in [0.2, 0.25) is 0 Å². The lowest BCUT2D eigenvalue weighted by Crippen LogP contribution is -2.24. The Balaban J connectivity index is 1.86. The maximum atomic E-state index is 12.2. The molecular weight excluding hydrogens is 260 g/mol. The Kier molecular flexibility index (Phi) is 5.84. The van der Waals surface area contributed by atoms with E-state index in [1.54, 1.807) is 0 Å². The molecule has 0 unspecified atom stereocenters. The predicted molar refractivity (Wildman–Crippen MR) is 86.4 cm³/mol. The number of esters is 1. The fourth-order valence-corrected chi connectivity index (χ4v) is 2.94. The minimum absolute atomic E-state index is 0.0448. The largest absolute Gasteiger partial charge is 0.426 e. The number of hydrogen-bond donors (Lipinski definition) is 0. The Hall–Kier alpha value is -1.31. The van der Waals surface area contributed by atoms with Gasteiger partial charge >= 0.3 is 5.97 Å². The molecule has 0 aliphatic heterocycles. The lowest BCUT2D eigenvalue weighted by molar-refractivity contribution is -0.140. The van der Waals surface area contributed by atoms with Crippen molar-refractivity contribution in [2.75, 3.05) is 0 Å². The number of ether oxygens (including phenoxy) is 1. The zero-order valence-corrected chi connectivity index (χ0v) is 13.6. The van der Waals surface area contributed by atoms with Gasteiger partial charge in [0.25, 0.3) is 0 Å². The highest BCUT2D eigenvalue weighted by Gasteiger charge is 2.25. The number of benzene rings is 1. The van der Waals surface area contributed by atoms with Crippen LogP contribution in [0.3, 0.4) is 0 Å². The molecule has 2 heteroatoms. The summed E-state index contributed by atoms with van der Waals surface area (Å²) in [5, 5.41) is 0. The predicted octanol–water partition coefficient (Wildman–Crippen LogP) is 5.01. The molecule has 1 fully saturated rings. The molecule has 1 aliphatic rings. The van der Waals surface area contributed by atoms with Crippen molar-refractivity contribution in [1.82, 2.24) is 0 Å². The Morgan fingerprint density at radius 3 is 2.38 bits per heavy atom. The van der Waals surface area contributed by atoms with E-state index in [-0.39, 0.29) is 11.9 Å². The third kappa shape index (κ3) is 4.87. The molecule has 0 heterocycles. The van der Waals surface area contributed by atoms with Gasteiger partial charge in [0.15, 0.2) is 0 Å². The van der Waals surface area contributed by atoms with Crippen molar-refractivity contribution in [3.05, 3.63) is 29.8 Å². The molecular formula is C19H28O2. The summed E-state index contributed by atoms with van der Waals surface area (Å²) in [7, 11) is 0. The highest BCUT2D eigenvalue weighted by molar-refractivity contribution is 5.75. The summed E-state index contributed by atoms with van der Waals surface area (Å²) in [6, 6.07) is 8.03. The van der Waals surface area contributed by atoms with E-state index in [1.165, 1.54) is 12.0 Å². The Morgan fingerprint density at radius 2 is 1.81 bits per heavy atom. The van der Waals surface area contributed by atoms with Crippen LogP contribution in [-0.4, -0.2) is 5.97 Å². The van der Waals surface area contributed by atoms with Crippen molar-refractivity contribution in [2.24, 2.45) is 17.8 Å². The molecule has 1 saturated carbocycles. The van der Waals surface area contributed by atoms with Crippen molar-refractivity contribution in [2.45, 2.75) is 59.3 Å². The molecule has 1 aliphatic carbocycles. The van der Waals surface area contributed by atoms with Gasteiger partial charge in [-0.25, -0.2) is 0 Å². The van der Waals surface area contributed by atoms with Gasteiger partial charge in [-0.3, -0.25) is 4.79 Å². The van der Waals surface area contributed by atoms with Crippen LogP contribution >= 0.6 is 0 Å². The van der Waals surface area contributed by atoms with Crippen molar-refractivity contribution in [1.29, 1.82) is 0 Å². The molecule has 1 atom stereocenters. The van der Waals surface area contributed by atoms with Gasteiger partial charge in [0, 0.05) is 0 Å².